The van der Waals surface area contributed by atoms with Crippen molar-refractivity contribution in [1.82, 2.24) is 0 Å². The van der Waals surface area contributed by atoms with Crippen LogP contribution in [0, 0.1) is 0 Å². The van der Waals surface area contributed by atoms with Crippen molar-refractivity contribution in [1.29, 1.82) is 0 Å². The summed E-state index contributed by atoms with van der Waals surface area (Å²) in [5, 5.41) is 0. The van der Waals surface area contributed by atoms with E-state index in [1.54, 1.807) is 0 Å². The van der Waals surface area contributed by atoms with Gasteiger partial charge in [0.15, 0.2) is 0 Å². The van der Waals surface area contributed by atoms with Crippen molar-refractivity contribution in [3.05, 3.63) is 11.6 Å². The van der Waals surface area contributed by atoms with Crippen LogP contribution in [0.1, 0.15) is 39.5 Å². The highest BCUT2D eigenvalue weighted by atomic mass is 14.9. The van der Waals surface area contributed by atoms with Gasteiger partial charge < -0.3 is 5.73 Å². The number of nitrogens with zero attached hydrogens (tertiary/aromatic N) is 1. The lowest BCUT2D eigenvalue weighted by molar-refractivity contribution is 0.706. The van der Waals surface area contributed by atoms with Crippen LogP contribution in [0.4, 0.5) is 0 Å². The molecular weight excluding hydrogens is 148 g/mol. The molecule has 2 heteroatoms. The first-order valence-electron chi connectivity index (χ1n) is 4.66. The molecule has 1 rings (SSSR count). The fourth-order valence-corrected chi connectivity index (χ4v) is 1.58. The van der Waals surface area contributed by atoms with Gasteiger partial charge in [0.25, 0.3) is 0 Å². The molecule has 1 saturated carbocycles. The van der Waals surface area contributed by atoms with E-state index in [2.05, 4.69) is 4.99 Å². The maximum absolute atomic E-state index is 5.73. The van der Waals surface area contributed by atoms with Gasteiger partial charge in [-0.1, -0.05) is 18.4 Å². The fourth-order valence-electron chi connectivity index (χ4n) is 1.58. The Balaban J connectivity index is 2.49. The molecule has 0 unspecified atom stereocenters. The van der Waals surface area contributed by atoms with Crippen molar-refractivity contribution in [3.63, 3.8) is 0 Å². The Bertz CT molecular complexity index is 194. The van der Waals surface area contributed by atoms with E-state index in [1.165, 1.54) is 31.3 Å². The third-order valence-corrected chi connectivity index (χ3v) is 2.09. The number of amidine groups is 1. The molecule has 0 radical (unpaired) electrons. The van der Waals surface area contributed by atoms with Crippen molar-refractivity contribution in [2.75, 3.05) is 0 Å². The number of rotatable bonds is 2. The van der Waals surface area contributed by atoms with Crippen LogP contribution in [-0.4, -0.2) is 11.9 Å². The van der Waals surface area contributed by atoms with Crippen LogP contribution in [0.2, 0.25) is 0 Å². The largest absolute Gasteiger partial charge is 0.384 e. The van der Waals surface area contributed by atoms with Gasteiger partial charge in [-0.05, 0) is 32.8 Å². The van der Waals surface area contributed by atoms with E-state index < -0.39 is 0 Å². The van der Waals surface area contributed by atoms with Crippen molar-refractivity contribution in [2.45, 2.75) is 45.6 Å². The third-order valence-electron chi connectivity index (χ3n) is 2.09. The van der Waals surface area contributed by atoms with Crippen molar-refractivity contribution >= 4 is 5.84 Å². The monoisotopic (exact) mass is 166 g/mol. The summed E-state index contributed by atoms with van der Waals surface area (Å²) in [6.45, 7) is 4.08. The standard InChI is InChI=1S/C10H18N2/c1-8(2)7-10(11)12-9-5-3-4-6-9/h7,9H,3-6H2,1-2H3,(H2,11,12). The summed E-state index contributed by atoms with van der Waals surface area (Å²) in [6.07, 6.45) is 7.01. The van der Waals surface area contributed by atoms with Crippen LogP contribution in [-0.2, 0) is 0 Å². The molecule has 0 aromatic heterocycles. The maximum Gasteiger partial charge on any atom is 0.118 e. The molecule has 2 N–H and O–H groups in total. The van der Waals surface area contributed by atoms with Gasteiger partial charge in [-0.25, -0.2) is 0 Å². The number of aliphatic imine (C=N–C) groups is 1. The summed E-state index contributed by atoms with van der Waals surface area (Å²) in [6, 6.07) is 0.501. The van der Waals surface area contributed by atoms with E-state index in [-0.39, 0.29) is 0 Å². The summed E-state index contributed by atoms with van der Waals surface area (Å²) in [4.78, 5) is 4.43. The van der Waals surface area contributed by atoms with Gasteiger partial charge in [0.2, 0.25) is 0 Å². The summed E-state index contributed by atoms with van der Waals surface area (Å²) in [7, 11) is 0. The Labute approximate surface area is 74.6 Å². The Kier molecular flexibility index (Phi) is 3.32. The van der Waals surface area contributed by atoms with Gasteiger partial charge in [0.05, 0.1) is 6.04 Å². The molecule has 0 aromatic carbocycles. The first-order chi connectivity index (χ1) is 5.68. The molecule has 0 aliphatic heterocycles. The van der Waals surface area contributed by atoms with Crippen LogP contribution in [0.25, 0.3) is 0 Å². The lowest BCUT2D eigenvalue weighted by Crippen LogP contribution is -2.12. The summed E-state index contributed by atoms with van der Waals surface area (Å²) in [5.41, 5.74) is 6.94. The van der Waals surface area contributed by atoms with Gasteiger partial charge in [-0.15, -0.1) is 0 Å². The van der Waals surface area contributed by atoms with E-state index in [4.69, 9.17) is 5.73 Å². The van der Waals surface area contributed by atoms with Crippen molar-refractivity contribution in [3.8, 4) is 0 Å². The zero-order valence-electron chi connectivity index (χ0n) is 8.01. The summed E-state index contributed by atoms with van der Waals surface area (Å²) in [5.74, 6) is 0.696. The predicted molar refractivity (Wildman–Crippen MR) is 53.3 cm³/mol. The van der Waals surface area contributed by atoms with Crippen LogP contribution >= 0.6 is 0 Å². The van der Waals surface area contributed by atoms with Crippen LogP contribution in [0.5, 0.6) is 0 Å². The minimum absolute atomic E-state index is 0.501. The SMILES string of the molecule is CC(C)=CC(N)=NC1CCCC1. The van der Waals surface area contributed by atoms with E-state index in [9.17, 15) is 0 Å². The number of allylic oxidation sites excluding steroid dienone is 1. The first kappa shape index (κ1) is 9.30. The minimum Gasteiger partial charge on any atom is -0.384 e. The molecule has 0 amide bonds. The Morgan fingerprint density at radius 3 is 2.42 bits per heavy atom. The molecule has 2 nitrogen and oxygen atoms in total. The third kappa shape index (κ3) is 3.07. The van der Waals surface area contributed by atoms with Gasteiger partial charge in [-0.2, -0.15) is 0 Å². The molecule has 12 heavy (non-hydrogen) atoms. The normalized spacial score (nSPS) is 19.7. The molecular formula is C10H18N2. The van der Waals surface area contributed by atoms with Gasteiger partial charge >= 0.3 is 0 Å². The quantitative estimate of drug-likeness (QED) is 0.496. The van der Waals surface area contributed by atoms with Gasteiger partial charge in [0.1, 0.15) is 5.84 Å². The number of nitrogens with two attached hydrogens (primary N) is 1. The van der Waals surface area contributed by atoms with Crippen molar-refractivity contribution < 1.29 is 0 Å². The smallest absolute Gasteiger partial charge is 0.118 e. The second-order valence-corrected chi connectivity index (χ2v) is 3.71. The minimum atomic E-state index is 0.501. The van der Waals surface area contributed by atoms with E-state index in [0.717, 1.165) is 0 Å². The molecule has 0 heterocycles. The topological polar surface area (TPSA) is 38.4 Å². The Morgan fingerprint density at radius 1 is 1.33 bits per heavy atom. The van der Waals surface area contributed by atoms with E-state index in [0.29, 0.717) is 11.9 Å². The Hall–Kier alpha value is -0.790. The number of hydrogen-bond acceptors (Lipinski definition) is 1. The van der Waals surface area contributed by atoms with Crippen LogP contribution in [0.3, 0.4) is 0 Å². The summed E-state index contributed by atoms with van der Waals surface area (Å²) >= 11 is 0. The van der Waals surface area contributed by atoms with Crippen molar-refractivity contribution in [2.24, 2.45) is 10.7 Å². The summed E-state index contributed by atoms with van der Waals surface area (Å²) < 4.78 is 0. The number of hydrogen-bond donors (Lipinski definition) is 1. The second kappa shape index (κ2) is 4.29. The molecule has 0 atom stereocenters. The zero-order chi connectivity index (χ0) is 8.97. The van der Waals surface area contributed by atoms with Gasteiger partial charge in [-0.3, -0.25) is 4.99 Å². The molecule has 0 saturated heterocycles. The molecule has 1 aliphatic rings. The van der Waals surface area contributed by atoms with E-state index >= 15 is 0 Å². The first-order valence-corrected chi connectivity index (χ1v) is 4.66. The highest BCUT2D eigenvalue weighted by Gasteiger charge is 2.13. The second-order valence-electron chi connectivity index (χ2n) is 3.71. The molecule has 0 aromatic rings. The zero-order valence-corrected chi connectivity index (χ0v) is 8.01. The average Bonchev–Trinajstić information content (AvgIpc) is 2.37. The van der Waals surface area contributed by atoms with Gasteiger partial charge in [0, 0.05) is 0 Å². The molecule has 68 valence electrons. The molecule has 0 bridgehead atoms. The fraction of sp³-hybridized carbons (Fsp3) is 0.700. The molecule has 0 spiro atoms. The maximum atomic E-state index is 5.73. The Morgan fingerprint density at radius 2 is 1.92 bits per heavy atom. The highest BCUT2D eigenvalue weighted by Crippen LogP contribution is 2.20. The lowest BCUT2D eigenvalue weighted by atomic mass is 10.2. The van der Waals surface area contributed by atoms with E-state index in [1.807, 2.05) is 19.9 Å². The van der Waals surface area contributed by atoms with Crippen LogP contribution in [0.15, 0.2) is 16.6 Å². The lowest BCUT2D eigenvalue weighted by Gasteiger charge is -2.02. The molecule has 1 fully saturated rings. The predicted octanol–water partition coefficient (Wildman–Crippen LogP) is 2.25. The molecule has 1 aliphatic carbocycles. The van der Waals surface area contributed by atoms with Crippen LogP contribution < -0.4 is 5.73 Å². The average molecular weight is 166 g/mol. The highest BCUT2D eigenvalue weighted by molar-refractivity contribution is 5.92.